The molecule has 1 rings (SSSR count). The van der Waals surface area contributed by atoms with Crippen LogP contribution in [0.25, 0.3) is 0 Å². The molecule has 0 saturated heterocycles. The van der Waals surface area contributed by atoms with Crippen LogP contribution in [0.3, 0.4) is 0 Å². The second-order valence-electron chi connectivity index (χ2n) is 2.44. The van der Waals surface area contributed by atoms with Gasteiger partial charge in [-0.2, -0.15) is 4.98 Å². The molecule has 1 aromatic rings. The van der Waals surface area contributed by atoms with Gasteiger partial charge in [-0.3, -0.25) is 0 Å². The van der Waals surface area contributed by atoms with E-state index in [1.54, 1.807) is 0 Å². The van der Waals surface area contributed by atoms with Gasteiger partial charge in [-0.15, -0.1) is 13.2 Å². The zero-order chi connectivity index (χ0) is 11.6. The van der Waals surface area contributed by atoms with Gasteiger partial charge in [0.05, 0.1) is 0 Å². The number of carbonyl (C=O) groups is 1. The minimum Gasteiger partial charge on any atom is -0.477 e. The van der Waals surface area contributed by atoms with Crippen LogP contribution >= 0.6 is 0 Å². The summed E-state index contributed by atoms with van der Waals surface area (Å²) in [5, 5.41) is 8.53. The molecule has 0 spiro atoms. The van der Waals surface area contributed by atoms with Crippen molar-refractivity contribution < 1.29 is 27.8 Å². The average Bonchev–Trinajstić information content (AvgIpc) is 1.99. The van der Waals surface area contributed by atoms with Gasteiger partial charge in [0, 0.05) is 0 Å². The lowest BCUT2D eigenvalue weighted by atomic mass is 10.3. The number of aromatic carboxylic acids is 1. The summed E-state index contributed by atoms with van der Waals surface area (Å²) in [6, 6.07) is 1.94. The van der Waals surface area contributed by atoms with E-state index < -0.39 is 23.8 Å². The molecule has 0 fully saturated rings. The Morgan fingerprint density at radius 2 is 2.07 bits per heavy atom. The molecule has 0 bridgehead atoms. The third-order valence-corrected chi connectivity index (χ3v) is 1.32. The third-order valence-electron chi connectivity index (χ3n) is 1.32. The number of pyridine rings is 1. The van der Waals surface area contributed by atoms with Crippen LogP contribution in [0.1, 0.15) is 10.4 Å². The number of aromatic nitrogens is 1. The Labute approximate surface area is 81.3 Å². The van der Waals surface area contributed by atoms with Gasteiger partial charge < -0.3 is 15.6 Å². The molecule has 1 aromatic heterocycles. The first-order chi connectivity index (χ1) is 6.79. The van der Waals surface area contributed by atoms with Crippen molar-refractivity contribution in [3.63, 3.8) is 0 Å². The summed E-state index contributed by atoms with van der Waals surface area (Å²) in [5.41, 5.74) is 4.39. The monoisotopic (exact) mass is 222 g/mol. The molecule has 3 N–H and O–H groups in total. The van der Waals surface area contributed by atoms with Crippen LogP contribution in [-0.2, 0) is 0 Å². The smallest absolute Gasteiger partial charge is 0.477 e. The predicted molar refractivity (Wildman–Crippen MR) is 42.3 cm³/mol. The maximum Gasteiger partial charge on any atom is 0.574 e. The molecule has 0 aliphatic carbocycles. The first kappa shape index (κ1) is 11.1. The molecule has 82 valence electrons. The number of hydrogen-bond donors (Lipinski definition) is 2. The Morgan fingerprint density at radius 3 is 2.53 bits per heavy atom. The molecule has 0 unspecified atom stereocenters. The normalized spacial score (nSPS) is 11.1. The van der Waals surface area contributed by atoms with Crippen molar-refractivity contribution in [3.05, 3.63) is 17.7 Å². The number of carboxylic acids is 1. The van der Waals surface area contributed by atoms with Crippen molar-refractivity contribution in [3.8, 4) is 5.88 Å². The molecule has 1 heterocycles. The topological polar surface area (TPSA) is 85.4 Å². The van der Waals surface area contributed by atoms with E-state index in [1.807, 2.05) is 0 Å². The maximum absolute atomic E-state index is 11.8. The molecule has 0 aliphatic rings. The van der Waals surface area contributed by atoms with E-state index in [9.17, 15) is 18.0 Å². The summed E-state index contributed by atoms with van der Waals surface area (Å²) < 4.78 is 38.9. The van der Waals surface area contributed by atoms with Crippen molar-refractivity contribution in [2.45, 2.75) is 6.36 Å². The Balaban J connectivity index is 3.13. The van der Waals surface area contributed by atoms with Gasteiger partial charge >= 0.3 is 12.3 Å². The standard InChI is InChI=1S/C7H5F3N2O3/c8-7(9,10)15-5-3(6(13)14)1-2-4(11)12-5/h1-2H,(H2,11,12)(H,13,14). The third kappa shape index (κ3) is 3.01. The Kier molecular flexibility index (Phi) is 2.69. The number of halogens is 3. The van der Waals surface area contributed by atoms with Crippen LogP contribution in [0.15, 0.2) is 12.1 Å². The van der Waals surface area contributed by atoms with Crippen LogP contribution in [0.5, 0.6) is 5.88 Å². The quantitative estimate of drug-likeness (QED) is 0.786. The van der Waals surface area contributed by atoms with Gasteiger partial charge in [-0.05, 0) is 12.1 Å². The van der Waals surface area contributed by atoms with E-state index >= 15 is 0 Å². The first-order valence-corrected chi connectivity index (χ1v) is 3.55. The number of hydrogen-bond acceptors (Lipinski definition) is 4. The summed E-state index contributed by atoms with van der Waals surface area (Å²) in [5.74, 6) is -2.92. The molecule has 0 saturated carbocycles. The number of nitrogens with zero attached hydrogens (tertiary/aromatic N) is 1. The Morgan fingerprint density at radius 1 is 1.47 bits per heavy atom. The van der Waals surface area contributed by atoms with Crippen molar-refractivity contribution in [2.75, 3.05) is 5.73 Å². The van der Waals surface area contributed by atoms with Crippen molar-refractivity contribution >= 4 is 11.8 Å². The van der Waals surface area contributed by atoms with E-state index in [0.29, 0.717) is 0 Å². The number of nitrogen functional groups attached to an aromatic ring is 1. The number of anilines is 1. The van der Waals surface area contributed by atoms with Crippen LogP contribution in [0.4, 0.5) is 19.0 Å². The predicted octanol–water partition coefficient (Wildman–Crippen LogP) is 1.26. The van der Waals surface area contributed by atoms with Crippen molar-refractivity contribution in [1.29, 1.82) is 0 Å². The number of carboxylic acid groups (broad SMARTS) is 1. The maximum atomic E-state index is 11.8. The zero-order valence-electron chi connectivity index (χ0n) is 7.08. The van der Waals surface area contributed by atoms with Crippen LogP contribution in [0.2, 0.25) is 0 Å². The van der Waals surface area contributed by atoms with Gasteiger partial charge in [0.15, 0.2) is 0 Å². The highest BCUT2D eigenvalue weighted by molar-refractivity contribution is 5.90. The van der Waals surface area contributed by atoms with E-state index in [0.717, 1.165) is 12.1 Å². The molecule has 0 aromatic carbocycles. The fourth-order valence-corrected chi connectivity index (χ4v) is 0.805. The van der Waals surface area contributed by atoms with Gasteiger partial charge in [-0.25, -0.2) is 4.79 Å². The van der Waals surface area contributed by atoms with Crippen LogP contribution < -0.4 is 10.5 Å². The van der Waals surface area contributed by atoms with Crippen molar-refractivity contribution in [1.82, 2.24) is 4.98 Å². The molecule has 0 radical (unpaired) electrons. The minimum atomic E-state index is -5.01. The summed E-state index contributed by atoms with van der Waals surface area (Å²) in [7, 11) is 0. The lowest BCUT2D eigenvalue weighted by Gasteiger charge is -2.10. The molecular weight excluding hydrogens is 217 g/mol. The molecule has 0 atom stereocenters. The SMILES string of the molecule is Nc1ccc(C(=O)O)c(OC(F)(F)F)n1. The van der Waals surface area contributed by atoms with Gasteiger partial charge in [0.2, 0.25) is 5.88 Å². The fraction of sp³-hybridized carbons (Fsp3) is 0.143. The lowest BCUT2D eigenvalue weighted by Crippen LogP contribution is -2.20. The lowest BCUT2D eigenvalue weighted by molar-refractivity contribution is -0.276. The molecular formula is C7H5F3N2O3. The summed E-state index contributed by atoms with van der Waals surface area (Å²) in [6.45, 7) is 0. The van der Waals surface area contributed by atoms with E-state index in [1.165, 1.54) is 0 Å². The summed E-state index contributed by atoms with van der Waals surface area (Å²) in [6.07, 6.45) is -5.01. The molecule has 0 aliphatic heterocycles. The highest BCUT2D eigenvalue weighted by atomic mass is 19.4. The molecule has 0 amide bonds. The average molecular weight is 222 g/mol. The van der Waals surface area contributed by atoms with Gasteiger partial charge in [-0.1, -0.05) is 0 Å². The zero-order valence-corrected chi connectivity index (χ0v) is 7.08. The Hall–Kier alpha value is -1.99. The van der Waals surface area contributed by atoms with Gasteiger partial charge in [0.25, 0.3) is 0 Å². The summed E-state index contributed by atoms with van der Waals surface area (Å²) in [4.78, 5) is 13.6. The van der Waals surface area contributed by atoms with E-state index in [-0.39, 0.29) is 5.82 Å². The molecule has 8 heteroatoms. The number of ether oxygens (including phenoxy) is 1. The largest absolute Gasteiger partial charge is 0.574 e. The number of nitrogens with two attached hydrogens (primary N) is 1. The highest BCUT2D eigenvalue weighted by Gasteiger charge is 2.34. The Bertz CT molecular complexity index is 392. The van der Waals surface area contributed by atoms with E-state index in [2.05, 4.69) is 9.72 Å². The minimum absolute atomic E-state index is 0.265. The van der Waals surface area contributed by atoms with Crippen LogP contribution in [-0.4, -0.2) is 22.4 Å². The van der Waals surface area contributed by atoms with Gasteiger partial charge in [0.1, 0.15) is 11.4 Å². The second-order valence-corrected chi connectivity index (χ2v) is 2.44. The van der Waals surface area contributed by atoms with Crippen LogP contribution in [0, 0.1) is 0 Å². The van der Waals surface area contributed by atoms with E-state index in [4.69, 9.17) is 10.8 Å². The highest BCUT2D eigenvalue weighted by Crippen LogP contribution is 2.25. The summed E-state index contributed by atoms with van der Waals surface area (Å²) >= 11 is 0. The number of alkyl halides is 3. The number of rotatable bonds is 2. The fourth-order valence-electron chi connectivity index (χ4n) is 0.805. The second kappa shape index (κ2) is 3.64. The molecule has 5 nitrogen and oxygen atoms in total. The molecule has 15 heavy (non-hydrogen) atoms. The van der Waals surface area contributed by atoms with Crippen molar-refractivity contribution in [2.24, 2.45) is 0 Å². The first-order valence-electron chi connectivity index (χ1n) is 3.55.